The molecular weight excluding hydrogens is 303 g/mol. The largest absolute Gasteiger partial charge is 0.434 e. The standard InChI is InChI=1S/C11H6BrFN4O/c12-6-3-8(15)10(4-7(6)13)18-11-9(5-14)16-1-2-17-11/h1-4H,15H2. The van der Waals surface area contributed by atoms with Crippen LogP contribution in [0.5, 0.6) is 11.6 Å². The summed E-state index contributed by atoms with van der Waals surface area (Å²) >= 11 is 3.00. The molecule has 0 saturated heterocycles. The minimum Gasteiger partial charge on any atom is -0.434 e. The number of hydrogen-bond donors (Lipinski definition) is 1. The lowest BCUT2D eigenvalue weighted by Crippen LogP contribution is -1.98. The van der Waals surface area contributed by atoms with Crippen LogP contribution in [0.25, 0.3) is 0 Å². The fourth-order valence-electron chi connectivity index (χ4n) is 1.21. The number of nitrogen functional groups attached to an aromatic ring is 1. The van der Waals surface area contributed by atoms with E-state index in [1.807, 2.05) is 6.07 Å². The molecule has 0 radical (unpaired) electrons. The van der Waals surface area contributed by atoms with E-state index in [-0.39, 0.29) is 27.5 Å². The van der Waals surface area contributed by atoms with Crippen LogP contribution in [0, 0.1) is 17.1 Å². The summed E-state index contributed by atoms with van der Waals surface area (Å²) in [6.45, 7) is 0. The number of ether oxygens (including phenoxy) is 1. The maximum Gasteiger partial charge on any atom is 0.256 e. The zero-order valence-corrected chi connectivity index (χ0v) is 10.5. The maximum absolute atomic E-state index is 13.4. The SMILES string of the molecule is N#Cc1nccnc1Oc1cc(F)c(Br)cc1N. The molecule has 18 heavy (non-hydrogen) atoms. The zero-order valence-electron chi connectivity index (χ0n) is 8.89. The van der Waals surface area contributed by atoms with Crippen molar-refractivity contribution in [1.29, 1.82) is 5.26 Å². The van der Waals surface area contributed by atoms with E-state index in [0.717, 1.165) is 6.07 Å². The minimum absolute atomic E-state index is 0.000210. The number of nitrogens with zero attached hydrogens (tertiary/aromatic N) is 3. The van der Waals surface area contributed by atoms with Crippen LogP contribution in [-0.4, -0.2) is 9.97 Å². The van der Waals surface area contributed by atoms with E-state index in [9.17, 15) is 4.39 Å². The molecule has 2 N–H and O–H groups in total. The van der Waals surface area contributed by atoms with Crippen molar-refractivity contribution in [2.75, 3.05) is 5.73 Å². The minimum atomic E-state index is -0.526. The number of hydrogen-bond acceptors (Lipinski definition) is 5. The lowest BCUT2D eigenvalue weighted by Gasteiger charge is -2.08. The van der Waals surface area contributed by atoms with Gasteiger partial charge in [0.1, 0.15) is 11.9 Å². The second kappa shape index (κ2) is 4.98. The highest BCUT2D eigenvalue weighted by molar-refractivity contribution is 9.10. The first-order chi connectivity index (χ1) is 8.61. The summed E-state index contributed by atoms with van der Waals surface area (Å²) in [7, 11) is 0. The molecule has 0 unspecified atom stereocenters. The fourth-order valence-corrected chi connectivity index (χ4v) is 1.57. The van der Waals surface area contributed by atoms with Crippen molar-refractivity contribution < 1.29 is 9.13 Å². The maximum atomic E-state index is 13.4. The van der Waals surface area contributed by atoms with Crippen LogP contribution in [0.15, 0.2) is 29.0 Å². The fraction of sp³-hybridized carbons (Fsp3) is 0. The smallest absolute Gasteiger partial charge is 0.256 e. The van der Waals surface area contributed by atoms with E-state index in [1.54, 1.807) is 0 Å². The van der Waals surface area contributed by atoms with Crippen LogP contribution in [0.4, 0.5) is 10.1 Å². The third-order valence-corrected chi connectivity index (χ3v) is 2.64. The molecule has 2 aromatic rings. The van der Waals surface area contributed by atoms with Gasteiger partial charge in [-0.05, 0) is 22.0 Å². The molecule has 0 bridgehead atoms. The Balaban J connectivity index is 2.41. The normalized spacial score (nSPS) is 9.83. The van der Waals surface area contributed by atoms with Crippen molar-refractivity contribution in [2.45, 2.75) is 0 Å². The Hall–Kier alpha value is -2.20. The van der Waals surface area contributed by atoms with E-state index in [4.69, 9.17) is 15.7 Å². The highest BCUT2D eigenvalue weighted by Gasteiger charge is 2.12. The molecule has 0 aliphatic heterocycles. The molecule has 1 aromatic heterocycles. The van der Waals surface area contributed by atoms with Gasteiger partial charge in [-0.1, -0.05) is 0 Å². The number of anilines is 1. The summed E-state index contributed by atoms with van der Waals surface area (Å²) in [6, 6.07) is 4.29. The number of nitriles is 1. The molecule has 1 aromatic carbocycles. The van der Waals surface area contributed by atoms with Gasteiger partial charge in [0, 0.05) is 18.5 Å². The summed E-state index contributed by atoms with van der Waals surface area (Å²) in [5.41, 5.74) is 5.90. The number of halogens is 2. The first-order valence-corrected chi connectivity index (χ1v) is 5.54. The summed E-state index contributed by atoms with van der Waals surface area (Å²) in [6.07, 6.45) is 2.72. The molecule has 1 heterocycles. The predicted molar refractivity (Wildman–Crippen MR) is 65.3 cm³/mol. The molecule has 0 amide bonds. The molecule has 0 aliphatic carbocycles. The average Bonchev–Trinajstić information content (AvgIpc) is 2.36. The first-order valence-electron chi connectivity index (χ1n) is 4.75. The van der Waals surface area contributed by atoms with E-state index < -0.39 is 5.82 Å². The van der Waals surface area contributed by atoms with Gasteiger partial charge in [-0.25, -0.2) is 14.4 Å². The van der Waals surface area contributed by atoms with E-state index in [2.05, 4.69) is 25.9 Å². The van der Waals surface area contributed by atoms with Crippen molar-refractivity contribution >= 4 is 21.6 Å². The van der Waals surface area contributed by atoms with Gasteiger partial charge in [-0.2, -0.15) is 5.26 Å². The van der Waals surface area contributed by atoms with Crippen LogP contribution in [-0.2, 0) is 0 Å². The van der Waals surface area contributed by atoms with Gasteiger partial charge >= 0.3 is 0 Å². The van der Waals surface area contributed by atoms with Gasteiger partial charge in [0.2, 0.25) is 5.69 Å². The predicted octanol–water partition coefficient (Wildman–Crippen LogP) is 2.62. The molecule has 0 spiro atoms. The lowest BCUT2D eigenvalue weighted by molar-refractivity contribution is 0.455. The number of nitrogens with two attached hydrogens (primary N) is 1. The van der Waals surface area contributed by atoms with Gasteiger partial charge in [0.15, 0.2) is 5.75 Å². The molecular formula is C11H6BrFN4O. The molecule has 90 valence electrons. The zero-order chi connectivity index (χ0) is 13.1. The third-order valence-electron chi connectivity index (χ3n) is 2.03. The van der Waals surface area contributed by atoms with Gasteiger partial charge in [0.25, 0.3) is 5.88 Å². The highest BCUT2D eigenvalue weighted by atomic mass is 79.9. The number of aromatic nitrogens is 2. The van der Waals surface area contributed by atoms with Gasteiger partial charge < -0.3 is 10.5 Å². The monoisotopic (exact) mass is 308 g/mol. The summed E-state index contributed by atoms with van der Waals surface area (Å²) in [5.74, 6) is -0.470. The van der Waals surface area contributed by atoms with Crippen LogP contribution in [0.3, 0.4) is 0 Å². The molecule has 7 heteroatoms. The highest BCUT2D eigenvalue weighted by Crippen LogP contribution is 2.31. The molecule has 0 saturated carbocycles. The van der Waals surface area contributed by atoms with E-state index in [1.165, 1.54) is 18.5 Å². The molecule has 0 atom stereocenters. The second-order valence-corrected chi connectivity index (χ2v) is 4.08. The van der Waals surface area contributed by atoms with Crippen molar-refractivity contribution in [2.24, 2.45) is 0 Å². The van der Waals surface area contributed by atoms with E-state index >= 15 is 0 Å². The Bertz CT molecular complexity index is 641. The van der Waals surface area contributed by atoms with Gasteiger partial charge in [-0.3, -0.25) is 0 Å². The van der Waals surface area contributed by atoms with Crippen molar-refractivity contribution in [1.82, 2.24) is 9.97 Å². The number of benzene rings is 1. The Kier molecular flexibility index (Phi) is 3.39. The second-order valence-electron chi connectivity index (χ2n) is 3.23. The summed E-state index contributed by atoms with van der Waals surface area (Å²) < 4.78 is 18.9. The van der Waals surface area contributed by atoms with Gasteiger partial charge in [0.05, 0.1) is 10.2 Å². The Morgan fingerprint density at radius 2 is 2.06 bits per heavy atom. The van der Waals surface area contributed by atoms with Crippen molar-refractivity contribution in [3.05, 3.63) is 40.5 Å². The Morgan fingerprint density at radius 3 is 2.78 bits per heavy atom. The third kappa shape index (κ3) is 2.38. The Morgan fingerprint density at radius 1 is 1.33 bits per heavy atom. The molecule has 0 fully saturated rings. The van der Waals surface area contributed by atoms with Crippen LogP contribution in [0.1, 0.15) is 5.69 Å². The molecule has 2 rings (SSSR count). The molecule has 5 nitrogen and oxygen atoms in total. The van der Waals surface area contributed by atoms with E-state index in [0.29, 0.717) is 0 Å². The lowest BCUT2D eigenvalue weighted by atomic mass is 10.3. The topological polar surface area (TPSA) is 84.8 Å². The summed E-state index contributed by atoms with van der Waals surface area (Å²) in [5, 5.41) is 8.82. The average molecular weight is 309 g/mol. The van der Waals surface area contributed by atoms with Crippen molar-refractivity contribution in [3.8, 4) is 17.7 Å². The summed E-state index contributed by atoms with van der Waals surface area (Å²) in [4.78, 5) is 7.61. The molecule has 0 aliphatic rings. The van der Waals surface area contributed by atoms with Crippen molar-refractivity contribution in [3.63, 3.8) is 0 Å². The number of rotatable bonds is 2. The first kappa shape index (κ1) is 12.3. The van der Waals surface area contributed by atoms with Crippen LogP contribution < -0.4 is 10.5 Å². The van der Waals surface area contributed by atoms with Crippen LogP contribution in [0.2, 0.25) is 0 Å². The Labute approximate surface area is 110 Å². The van der Waals surface area contributed by atoms with Gasteiger partial charge in [-0.15, -0.1) is 0 Å². The van der Waals surface area contributed by atoms with Crippen LogP contribution >= 0.6 is 15.9 Å². The quantitative estimate of drug-likeness (QED) is 0.862.